The molecule has 0 spiro atoms. The van der Waals surface area contributed by atoms with E-state index >= 15 is 0 Å². The zero-order chi connectivity index (χ0) is 16.5. The number of hydrogen-bond donors (Lipinski definition) is 2. The van der Waals surface area contributed by atoms with Gasteiger partial charge in [0, 0.05) is 18.2 Å². The SMILES string of the molecule is Cc1cc(Nc2nc(Cc3ccc(F)cc3)nc3ccsc23)n[nH]1. The topological polar surface area (TPSA) is 66.5 Å². The molecule has 7 heteroatoms. The van der Waals surface area contributed by atoms with Crippen molar-refractivity contribution in [1.29, 1.82) is 0 Å². The molecule has 2 N–H and O–H groups in total. The highest BCUT2D eigenvalue weighted by molar-refractivity contribution is 7.17. The van der Waals surface area contributed by atoms with Gasteiger partial charge in [0.1, 0.15) is 11.6 Å². The number of fused-ring (bicyclic) bond motifs is 1. The molecule has 0 bridgehead atoms. The van der Waals surface area contributed by atoms with Crippen LogP contribution in [0.3, 0.4) is 0 Å². The predicted molar refractivity (Wildman–Crippen MR) is 93.2 cm³/mol. The molecular formula is C17H14FN5S. The minimum Gasteiger partial charge on any atom is -0.322 e. The summed E-state index contributed by atoms with van der Waals surface area (Å²) in [6.07, 6.45) is 0.542. The highest BCUT2D eigenvalue weighted by Crippen LogP contribution is 2.28. The van der Waals surface area contributed by atoms with Gasteiger partial charge in [0.15, 0.2) is 11.6 Å². The van der Waals surface area contributed by atoms with Gasteiger partial charge in [-0.25, -0.2) is 14.4 Å². The molecule has 4 aromatic rings. The van der Waals surface area contributed by atoms with Crippen molar-refractivity contribution in [3.8, 4) is 0 Å². The average molecular weight is 339 g/mol. The van der Waals surface area contributed by atoms with E-state index in [-0.39, 0.29) is 5.82 Å². The molecule has 1 aromatic carbocycles. The Morgan fingerprint density at radius 2 is 2.00 bits per heavy atom. The molecule has 0 aliphatic rings. The first-order chi connectivity index (χ1) is 11.7. The Morgan fingerprint density at radius 3 is 2.75 bits per heavy atom. The zero-order valence-corrected chi connectivity index (χ0v) is 13.7. The second kappa shape index (κ2) is 6.01. The van der Waals surface area contributed by atoms with Crippen molar-refractivity contribution >= 4 is 33.2 Å². The lowest BCUT2D eigenvalue weighted by atomic mass is 10.1. The molecule has 0 aliphatic carbocycles. The van der Waals surface area contributed by atoms with Gasteiger partial charge in [-0.15, -0.1) is 11.3 Å². The van der Waals surface area contributed by atoms with Crippen LogP contribution in [0, 0.1) is 12.7 Å². The number of thiophene rings is 1. The smallest absolute Gasteiger partial charge is 0.153 e. The second-order valence-electron chi connectivity index (χ2n) is 5.49. The monoisotopic (exact) mass is 339 g/mol. The van der Waals surface area contributed by atoms with Crippen LogP contribution in [-0.2, 0) is 6.42 Å². The molecule has 5 nitrogen and oxygen atoms in total. The van der Waals surface area contributed by atoms with Gasteiger partial charge >= 0.3 is 0 Å². The fourth-order valence-electron chi connectivity index (χ4n) is 2.46. The van der Waals surface area contributed by atoms with Crippen molar-refractivity contribution in [2.75, 3.05) is 5.32 Å². The number of nitrogens with zero attached hydrogens (tertiary/aromatic N) is 3. The van der Waals surface area contributed by atoms with E-state index < -0.39 is 0 Å². The number of nitrogens with one attached hydrogen (secondary N) is 2. The number of anilines is 2. The van der Waals surface area contributed by atoms with Gasteiger partial charge in [-0.3, -0.25) is 5.10 Å². The molecule has 3 aromatic heterocycles. The molecule has 4 rings (SSSR count). The first-order valence-corrected chi connectivity index (χ1v) is 8.33. The summed E-state index contributed by atoms with van der Waals surface area (Å²) in [5.41, 5.74) is 2.83. The molecule has 0 amide bonds. The number of halogens is 1. The van der Waals surface area contributed by atoms with E-state index in [9.17, 15) is 4.39 Å². The molecule has 0 aliphatic heterocycles. The Hall–Kier alpha value is -2.80. The van der Waals surface area contributed by atoms with E-state index in [0.717, 1.165) is 27.3 Å². The summed E-state index contributed by atoms with van der Waals surface area (Å²) >= 11 is 1.58. The van der Waals surface area contributed by atoms with Gasteiger partial charge < -0.3 is 5.32 Å². The lowest BCUT2D eigenvalue weighted by Crippen LogP contribution is -2.02. The summed E-state index contributed by atoms with van der Waals surface area (Å²) in [4.78, 5) is 9.23. The van der Waals surface area contributed by atoms with Gasteiger partial charge in [-0.2, -0.15) is 5.10 Å². The third-order valence-electron chi connectivity index (χ3n) is 3.58. The van der Waals surface area contributed by atoms with Gasteiger partial charge in [0.05, 0.1) is 10.2 Å². The first kappa shape index (κ1) is 14.8. The van der Waals surface area contributed by atoms with Crippen LogP contribution in [0.25, 0.3) is 10.2 Å². The minimum absolute atomic E-state index is 0.246. The fraction of sp³-hybridized carbons (Fsp3) is 0.118. The maximum atomic E-state index is 13.1. The lowest BCUT2D eigenvalue weighted by Gasteiger charge is -2.07. The van der Waals surface area contributed by atoms with Crippen LogP contribution in [0.15, 0.2) is 41.8 Å². The summed E-state index contributed by atoms with van der Waals surface area (Å²) in [5, 5.41) is 12.3. The summed E-state index contributed by atoms with van der Waals surface area (Å²) in [7, 11) is 0. The molecular weight excluding hydrogens is 325 g/mol. The predicted octanol–water partition coefficient (Wildman–Crippen LogP) is 4.20. The number of hydrogen-bond acceptors (Lipinski definition) is 5. The normalized spacial score (nSPS) is 11.1. The fourth-order valence-corrected chi connectivity index (χ4v) is 3.24. The van der Waals surface area contributed by atoms with Crippen molar-refractivity contribution < 1.29 is 4.39 Å². The maximum Gasteiger partial charge on any atom is 0.153 e. The highest BCUT2D eigenvalue weighted by Gasteiger charge is 2.11. The molecule has 0 radical (unpaired) electrons. The molecule has 0 saturated carbocycles. The van der Waals surface area contributed by atoms with Crippen molar-refractivity contribution in [3.05, 3.63) is 64.7 Å². The van der Waals surface area contributed by atoms with Crippen LogP contribution < -0.4 is 5.32 Å². The van der Waals surface area contributed by atoms with Crippen molar-refractivity contribution in [1.82, 2.24) is 20.2 Å². The van der Waals surface area contributed by atoms with Crippen LogP contribution >= 0.6 is 11.3 Å². The Labute approximate surface area is 141 Å². The average Bonchev–Trinajstić information content (AvgIpc) is 3.19. The maximum absolute atomic E-state index is 13.1. The Morgan fingerprint density at radius 1 is 1.17 bits per heavy atom. The Balaban J connectivity index is 1.70. The van der Waals surface area contributed by atoms with Gasteiger partial charge in [-0.05, 0) is 36.1 Å². The molecule has 0 fully saturated rings. The number of benzene rings is 1. The molecule has 120 valence electrons. The quantitative estimate of drug-likeness (QED) is 0.585. The van der Waals surface area contributed by atoms with E-state index in [1.54, 1.807) is 23.5 Å². The van der Waals surface area contributed by atoms with Crippen molar-refractivity contribution in [2.45, 2.75) is 13.3 Å². The van der Waals surface area contributed by atoms with Gasteiger partial charge in [0.2, 0.25) is 0 Å². The minimum atomic E-state index is -0.246. The third-order valence-corrected chi connectivity index (χ3v) is 4.49. The number of aromatic nitrogens is 4. The Bertz CT molecular complexity index is 990. The number of rotatable bonds is 4. The largest absolute Gasteiger partial charge is 0.322 e. The van der Waals surface area contributed by atoms with E-state index in [1.807, 2.05) is 24.4 Å². The van der Waals surface area contributed by atoms with Crippen LogP contribution in [0.2, 0.25) is 0 Å². The van der Waals surface area contributed by atoms with E-state index in [4.69, 9.17) is 0 Å². The summed E-state index contributed by atoms with van der Waals surface area (Å²) < 4.78 is 14.0. The lowest BCUT2D eigenvalue weighted by molar-refractivity contribution is 0.627. The van der Waals surface area contributed by atoms with E-state index in [1.165, 1.54) is 12.1 Å². The highest BCUT2D eigenvalue weighted by atomic mass is 32.1. The number of aromatic amines is 1. The molecule has 3 heterocycles. The van der Waals surface area contributed by atoms with Gasteiger partial charge in [0.25, 0.3) is 0 Å². The number of H-pyrrole nitrogens is 1. The van der Waals surface area contributed by atoms with E-state index in [2.05, 4.69) is 25.5 Å². The van der Waals surface area contributed by atoms with Crippen LogP contribution in [0.4, 0.5) is 16.0 Å². The molecule has 24 heavy (non-hydrogen) atoms. The summed E-state index contributed by atoms with van der Waals surface area (Å²) in [5.74, 6) is 1.89. The van der Waals surface area contributed by atoms with Crippen LogP contribution in [-0.4, -0.2) is 20.2 Å². The zero-order valence-electron chi connectivity index (χ0n) is 12.9. The van der Waals surface area contributed by atoms with Gasteiger partial charge in [-0.1, -0.05) is 12.1 Å². The standard InChI is InChI=1S/C17H14FN5S/c1-10-8-15(23-22-10)21-17-16-13(6-7-24-16)19-14(20-17)9-11-2-4-12(18)5-3-11/h2-8H,9H2,1H3,(H2,19,20,21,22,23). The Kier molecular flexibility index (Phi) is 3.70. The van der Waals surface area contributed by atoms with E-state index in [0.29, 0.717) is 18.1 Å². The molecule has 0 atom stereocenters. The van der Waals surface area contributed by atoms with Crippen LogP contribution in [0.1, 0.15) is 17.1 Å². The summed E-state index contributed by atoms with van der Waals surface area (Å²) in [6, 6.07) is 10.3. The number of aryl methyl sites for hydroxylation is 1. The second-order valence-corrected chi connectivity index (χ2v) is 6.40. The van der Waals surface area contributed by atoms with Crippen molar-refractivity contribution in [3.63, 3.8) is 0 Å². The summed E-state index contributed by atoms with van der Waals surface area (Å²) in [6.45, 7) is 1.94. The molecule has 0 unspecified atom stereocenters. The molecule has 0 saturated heterocycles. The third kappa shape index (κ3) is 2.98. The first-order valence-electron chi connectivity index (χ1n) is 7.45. The van der Waals surface area contributed by atoms with Crippen molar-refractivity contribution in [2.24, 2.45) is 0 Å². The van der Waals surface area contributed by atoms with Crippen LogP contribution in [0.5, 0.6) is 0 Å².